The third-order valence-electron chi connectivity index (χ3n) is 3.42. The van der Waals surface area contributed by atoms with Crippen LogP contribution in [0.5, 0.6) is 0 Å². The highest BCUT2D eigenvalue weighted by atomic mass is 16.5. The first kappa shape index (κ1) is 12.0. The van der Waals surface area contributed by atoms with Crippen LogP contribution in [0.15, 0.2) is 36.7 Å². The smallest absolute Gasteiger partial charge is 0.337 e. The number of carbonyl (C=O) groups excluding carboxylic acids is 1. The summed E-state index contributed by atoms with van der Waals surface area (Å²) in [7, 11) is 1.39. The molecular weight excluding hydrogens is 240 g/mol. The van der Waals surface area contributed by atoms with Crippen molar-refractivity contribution in [3.63, 3.8) is 0 Å². The van der Waals surface area contributed by atoms with E-state index < -0.39 is 0 Å². The molecule has 0 aliphatic heterocycles. The van der Waals surface area contributed by atoms with Gasteiger partial charge in [-0.15, -0.1) is 0 Å². The Labute approximate surface area is 112 Å². The number of benzene rings is 1. The molecule has 0 saturated heterocycles. The Morgan fingerprint density at radius 1 is 1.37 bits per heavy atom. The molecule has 0 unspecified atom stereocenters. The minimum absolute atomic E-state index is 0.298. The normalized spacial score (nSPS) is 14.4. The van der Waals surface area contributed by atoms with Gasteiger partial charge in [0.05, 0.1) is 12.7 Å². The lowest BCUT2D eigenvalue weighted by molar-refractivity contribution is 0.0600. The molecule has 3 rings (SSSR count). The van der Waals surface area contributed by atoms with Crippen molar-refractivity contribution in [1.82, 2.24) is 9.55 Å². The maximum atomic E-state index is 11.4. The van der Waals surface area contributed by atoms with Crippen LogP contribution in [-0.4, -0.2) is 22.6 Å². The van der Waals surface area contributed by atoms with Gasteiger partial charge in [-0.05, 0) is 30.5 Å². The van der Waals surface area contributed by atoms with Crippen molar-refractivity contribution >= 4 is 5.97 Å². The fraction of sp³-hybridized carbons (Fsp3) is 0.333. The average molecular weight is 256 g/mol. The molecule has 1 saturated carbocycles. The summed E-state index contributed by atoms with van der Waals surface area (Å²) in [6.07, 6.45) is 6.37. The van der Waals surface area contributed by atoms with Crippen molar-refractivity contribution in [2.75, 3.05) is 7.11 Å². The Morgan fingerprint density at radius 3 is 2.74 bits per heavy atom. The van der Waals surface area contributed by atoms with E-state index in [1.165, 1.54) is 25.8 Å². The predicted octanol–water partition coefficient (Wildman–Crippen LogP) is 2.60. The van der Waals surface area contributed by atoms with Crippen molar-refractivity contribution in [3.05, 3.63) is 53.6 Å². The van der Waals surface area contributed by atoms with Gasteiger partial charge >= 0.3 is 5.97 Å². The van der Waals surface area contributed by atoms with E-state index in [-0.39, 0.29) is 5.97 Å². The summed E-state index contributed by atoms with van der Waals surface area (Å²) in [6, 6.07) is 7.52. The fourth-order valence-corrected chi connectivity index (χ4v) is 2.22. The van der Waals surface area contributed by atoms with Crippen molar-refractivity contribution < 1.29 is 9.53 Å². The highest BCUT2D eigenvalue weighted by Gasteiger charge is 2.27. The minimum atomic E-state index is -0.298. The Bertz CT molecular complexity index is 582. The van der Waals surface area contributed by atoms with Crippen LogP contribution in [-0.2, 0) is 11.3 Å². The maximum Gasteiger partial charge on any atom is 0.337 e. The summed E-state index contributed by atoms with van der Waals surface area (Å²) in [6.45, 7) is 0.799. The molecule has 1 fully saturated rings. The van der Waals surface area contributed by atoms with Gasteiger partial charge in [0.15, 0.2) is 0 Å². The van der Waals surface area contributed by atoms with E-state index in [1.807, 2.05) is 24.5 Å². The zero-order valence-electron chi connectivity index (χ0n) is 10.9. The largest absolute Gasteiger partial charge is 0.465 e. The first-order chi connectivity index (χ1) is 9.28. The van der Waals surface area contributed by atoms with Gasteiger partial charge in [-0.3, -0.25) is 0 Å². The number of hydrogen-bond donors (Lipinski definition) is 0. The molecule has 1 aromatic heterocycles. The molecule has 0 atom stereocenters. The van der Waals surface area contributed by atoms with Gasteiger partial charge in [-0.2, -0.15) is 0 Å². The monoisotopic (exact) mass is 256 g/mol. The van der Waals surface area contributed by atoms with Gasteiger partial charge < -0.3 is 9.30 Å². The zero-order valence-corrected chi connectivity index (χ0v) is 10.9. The second kappa shape index (κ2) is 4.88. The summed E-state index contributed by atoms with van der Waals surface area (Å²) in [5.41, 5.74) is 1.74. The number of nitrogens with zero attached hydrogens (tertiary/aromatic N) is 2. The number of rotatable bonds is 4. The Balaban J connectivity index is 1.76. The maximum absolute atomic E-state index is 11.4. The summed E-state index contributed by atoms with van der Waals surface area (Å²) in [5, 5.41) is 0. The van der Waals surface area contributed by atoms with Gasteiger partial charge in [0, 0.05) is 24.9 Å². The Morgan fingerprint density at radius 2 is 2.11 bits per heavy atom. The van der Waals surface area contributed by atoms with E-state index in [0.29, 0.717) is 11.5 Å². The number of imidazole rings is 1. The molecule has 0 spiro atoms. The molecule has 4 heteroatoms. The van der Waals surface area contributed by atoms with Crippen LogP contribution < -0.4 is 0 Å². The summed E-state index contributed by atoms with van der Waals surface area (Å²) in [5.74, 6) is 1.52. The number of ether oxygens (including phenoxy) is 1. The van der Waals surface area contributed by atoms with E-state index in [1.54, 1.807) is 12.1 Å². The van der Waals surface area contributed by atoms with E-state index in [4.69, 9.17) is 0 Å². The Hall–Kier alpha value is -2.10. The Kier molecular flexibility index (Phi) is 3.07. The minimum Gasteiger partial charge on any atom is -0.465 e. The van der Waals surface area contributed by atoms with Crippen LogP contribution in [0.25, 0.3) is 0 Å². The SMILES string of the molecule is COC(=O)c1ccc(Cn2ccnc2C2CC2)cc1. The number of esters is 1. The van der Waals surface area contributed by atoms with Crippen LogP contribution in [0.4, 0.5) is 0 Å². The second-order valence-electron chi connectivity index (χ2n) is 4.88. The average Bonchev–Trinajstić information content (AvgIpc) is 3.19. The summed E-state index contributed by atoms with van der Waals surface area (Å²) >= 11 is 0. The quantitative estimate of drug-likeness (QED) is 0.790. The molecule has 2 aromatic rings. The number of carbonyl (C=O) groups is 1. The number of aromatic nitrogens is 2. The van der Waals surface area contributed by atoms with E-state index in [2.05, 4.69) is 14.3 Å². The second-order valence-corrected chi connectivity index (χ2v) is 4.88. The van der Waals surface area contributed by atoms with Crippen LogP contribution in [0.1, 0.15) is 40.5 Å². The van der Waals surface area contributed by atoms with Crippen LogP contribution in [0.3, 0.4) is 0 Å². The van der Waals surface area contributed by atoms with E-state index in [0.717, 1.165) is 12.1 Å². The first-order valence-electron chi connectivity index (χ1n) is 6.46. The van der Waals surface area contributed by atoms with Gasteiger partial charge in [-0.25, -0.2) is 9.78 Å². The molecule has 0 amide bonds. The molecule has 98 valence electrons. The molecule has 0 N–H and O–H groups in total. The van der Waals surface area contributed by atoms with Crippen molar-refractivity contribution in [3.8, 4) is 0 Å². The lowest BCUT2D eigenvalue weighted by Crippen LogP contribution is -2.05. The van der Waals surface area contributed by atoms with Gasteiger partial charge in [0.25, 0.3) is 0 Å². The highest BCUT2D eigenvalue weighted by molar-refractivity contribution is 5.89. The topological polar surface area (TPSA) is 44.1 Å². The molecule has 1 aliphatic carbocycles. The van der Waals surface area contributed by atoms with Gasteiger partial charge in [0.2, 0.25) is 0 Å². The van der Waals surface area contributed by atoms with Crippen molar-refractivity contribution in [1.29, 1.82) is 0 Å². The van der Waals surface area contributed by atoms with Gasteiger partial charge in [-0.1, -0.05) is 12.1 Å². The van der Waals surface area contributed by atoms with Crippen LogP contribution in [0.2, 0.25) is 0 Å². The third-order valence-corrected chi connectivity index (χ3v) is 3.42. The molecular formula is C15H16N2O2. The molecule has 4 nitrogen and oxygen atoms in total. The molecule has 1 aromatic carbocycles. The standard InChI is InChI=1S/C15H16N2O2/c1-19-15(18)13-4-2-11(3-5-13)10-17-9-8-16-14(17)12-6-7-12/h2-5,8-9,12H,6-7,10H2,1H3. The third kappa shape index (κ3) is 2.52. The van der Waals surface area contributed by atoms with Crippen molar-refractivity contribution in [2.24, 2.45) is 0 Å². The number of methoxy groups -OCH3 is 1. The lowest BCUT2D eigenvalue weighted by atomic mass is 10.1. The predicted molar refractivity (Wildman–Crippen MR) is 71.1 cm³/mol. The zero-order chi connectivity index (χ0) is 13.2. The van der Waals surface area contributed by atoms with Crippen molar-refractivity contribution in [2.45, 2.75) is 25.3 Å². The first-order valence-corrected chi connectivity index (χ1v) is 6.46. The lowest BCUT2D eigenvalue weighted by Gasteiger charge is -2.07. The van der Waals surface area contributed by atoms with E-state index >= 15 is 0 Å². The molecule has 1 aliphatic rings. The highest BCUT2D eigenvalue weighted by Crippen LogP contribution is 2.39. The van der Waals surface area contributed by atoms with Gasteiger partial charge in [0.1, 0.15) is 5.82 Å². The molecule has 1 heterocycles. The summed E-state index contributed by atoms with van der Waals surface area (Å²) in [4.78, 5) is 15.8. The van der Waals surface area contributed by atoms with Crippen LogP contribution in [0, 0.1) is 0 Å². The van der Waals surface area contributed by atoms with Crippen LogP contribution >= 0.6 is 0 Å². The molecule has 0 bridgehead atoms. The molecule has 0 radical (unpaired) electrons. The number of hydrogen-bond acceptors (Lipinski definition) is 3. The summed E-state index contributed by atoms with van der Waals surface area (Å²) < 4.78 is 6.87. The fourth-order valence-electron chi connectivity index (χ4n) is 2.22. The molecule has 19 heavy (non-hydrogen) atoms. The van der Waals surface area contributed by atoms with E-state index in [9.17, 15) is 4.79 Å².